The van der Waals surface area contributed by atoms with Crippen molar-refractivity contribution in [3.8, 4) is 0 Å². The normalized spacial score (nSPS) is 20.0. The molecule has 17 heavy (non-hydrogen) atoms. The van der Waals surface area contributed by atoms with Crippen molar-refractivity contribution in [2.24, 2.45) is 0 Å². The number of rotatable bonds is 3. The van der Waals surface area contributed by atoms with Gasteiger partial charge in [0.15, 0.2) is 5.12 Å². The lowest BCUT2D eigenvalue weighted by molar-refractivity contribution is -0.117. The van der Waals surface area contributed by atoms with Gasteiger partial charge in [0.1, 0.15) is 5.82 Å². The van der Waals surface area contributed by atoms with E-state index in [9.17, 15) is 9.59 Å². The second kappa shape index (κ2) is 4.91. The molecule has 1 atom stereocenters. The molecule has 6 heteroatoms. The molecule has 2 heterocycles. The number of hydrogen-bond acceptors (Lipinski definition) is 4. The van der Waals surface area contributed by atoms with E-state index in [2.05, 4.69) is 5.10 Å². The molecule has 5 nitrogen and oxygen atoms in total. The molecular formula is C11H15N3O2S. The smallest absolute Gasteiger partial charge is 0.229 e. The van der Waals surface area contributed by atoms with E-state index in [0.717, 1.165) is 12.4 Å². The van der Waals surface area contributed by atoms with Crippen molar-refractivity contribution in [3.63, 3.8) is 0 Å². The summed E-state index contributed by atoms with van der Waals surface area (Å²) in [5, 5.41) is 4.28. The van der Waals surface area contributed by atoms with Crippen molar-refractivity contribution in [2.75, 3.05) is 11.4 Å². The summed E-state index contributed by atoms with van der Waals surface area (Å²) in [5.74, 6) is 0.892. The van der Waals surface area contributed by atoms with Gasteiger partial charge in [-0.2, -0.15) is 5.10 Å². The van der Waals surface area contributed by atoms with E-state index in [1.807, 2.05) is 13.0 Å². The Kier molecular flexibility index (Phi) is 3.51. The number of aryl methyl sites for hydroxylation is 1. The van der Waals surface area contributed by atoms with E-state index in [1.54, 1.807) is 15.8 Å². The molecule has 1 aromatic heterocycles. The molecule has 2 rings (SSSR count). The highest BCUT2D eigenvalue weighted by molar-refractivity contribution is 8.14. The molecule has 0 spiro atoms. The molecule has 0 radical (unpaired) electrons. The van der Waals surface area contributed by atoms with Gasteiger partial charge in [-0.25, -0.2) is 4.68 Å². The third kappa shape index (κ3) is 2.52. The van der Waals surface area contributed by atoms with E-state index in [1.165, 1.54) is 18.7 Å². The molecule has 0 bridgehead atoms. The molecule has 1 fully saturated rings. The van der Waals surface area contributed by atoms with Gasteiger partial charge in [-0.1, -0.05) is 11.8 Å². The van der Waals surface area contributed by atoms with Gasteiger partial charge in [0.25, 0.3) is 0 Å². The molecule has 1 saturated heterocycles. The van der Waals surface area contributed by atoms with Gasteiger partial charge in [-0.3, -0.25) is 14.5 Å². The summed E-state index contributed by atoms with van der Waals surface area (Å²) in [6.07, 6.45) is 2.12. The maximum absolute atomic E-state index is 11.9. The Morgan fingerprint density at radius 2 is 2.41 bits per heavy atom. The van der Waals surface area contributed by atoms with Crippen LogP contribution < -0.4 is 4.90 Å². The molecule has 0 saturated carbocycles. The minimum absolute atomic E-state index is 0.0636. The fourth-order valence-electron chi connectivity index (χ4n) is 2.01. The van der Waals surface area contributed by atoms with Crippen LogP contribution >= 0.6 is 11.8 Å². The second-order valence-electron chi connectivity index (χ2n) is 3.95. The number of hydrogen-bond donors (Lipinski definition) is 0. The van der Waals surface area contributed by atoms with E-state index in [4.69, 9.17) is 0 Å². The summed E-state index contributed by atoms with van der Waals surface area (Å²) in [6.45, 7) is 4.85. The first-order valence-corrected chi connectivity index (χ1v) is 6.49. The lowest BCUT2D eigenvalue weighted by atomic mass is 10.4. The van der Waals surface area contributed by atoms with E-state index in [0.29, 0.717) is 13.0 Å². The van der Waals surface area contributed by atoms with E-state index >= 15 is 0 Å². The van der Waals surface area contributed by atoms with Crippen molar-refractivity contribution in [3.05, 3.63) is 12.3 Å². The van der Waals surface area contributed by atoms with Gasteiger partial charge in [0.2, 0.25) is 5.91 Å². The van der Waals surface area contributed by atoms with Crippen LogP contribution in [0.4, 0.5) is 5.82 Å². The quantitative estimate of drug-likeness (QED) is 0.814. The SMILES string of the molecule is CCn1nccc1N1CC(SC(C)=O)CC1=O. The summed E-state index contributed by atoms with van der Waals surface area (Å²) in [6, 6.07) is 1.84. The summed E-state index contributed by atoms with van der Waals surface area (Å²) >= 11 is 1.25. The number of carbonyl (C=O) groups excluding carboxylic acids is 2. The topological polar surface area (TPSA) is 55.2 Å². The summed E-state index contributed by atoms with van der Waals surface area (Å²) in [5.41, 5.74) is 0. The molecule has 0 aliphatic carbocycles. The third-order valence-electron chi connectivity index (χ3n) is 2.69. The Bertz CT molecular complexity index is 444. The predicted molar refractivity (Wildman–Crippen MR) is 66.9 cm³/mol. The zero-order valence-corrected chi connectivity index (χ0v) is 10.7. The van der Waals surface area contributed by atoms with Gasteiger partial charge >= 0.3 is 0 Å². The highest BCUT2D eigenvalue weighted by Crippen LogP contribution is 2.28. The largest absolute Gasteiger partial charge is 0.296 e. The van der Waals surface area contributed by atoms with Crippen molar-refractivity contribution < 1.29 is 9.59 Å². The van der Waals surface area contributed by atoms with Gasteiger partial charge in [-0.15, -0.1) is 0 Å². The molecule has 1 unspecified atom stereocenters. The number of aromatic nitrogens is 2. The molecule has 1 aromatic rings. The number of amides is 1. The van der Waals surface area contributed by atoms with Crippen LogP contribution in [0.3, 0.4) is 0 Å². The maximum Gasteiger partial charge on any atom is 0.229 e. The fourth-order valence-corrected chi connectivity index (χ4v) is 2.93. The Labute approximate surface area is 104 Å². The molecule has 0 N–H and O–H groups in total. The van der Waals surface area contributed by atoms with Crippen LogP contribution in [-0.2, 0) is 16.1 Å². The lowest BCUT2D eigenvalue weighted by Gasteiger charge is -2.17. The molecule has 1 aliphatic rings. The fraction of sp³-hybridized carbons (Fsp3) is 0.545. The summed E-state index contributed by atoms with van der Waals surface area (Å²) < 4.78 is 1.79. The van der Waals surface area contributed by atoms with Gasteiger partial charge in [-0.05, 0) is 6.92 Å². The van der Waals surface area contributed by atoms with E-state index in [-0.39, 0.29) is 16.3 Å². The van der Waals surface area contributed by atoms with Gasteiger partial charge < -0.3 is 0 Å². The Morgan fingerprint density at radius 1 is 1.65 bits per heavy atom. The number of thioether (sulfide) groups is 1. The minimum atomic E-state index is 0.0636. The maximum atomic E-state index is 11.9. The van der Waals surface area contributed by atoms with E-state index < -0.39 is 0 Å². The molecular weight excluding hydrogens is 238 g/mol. The second-order valence-corrected chi connectivity index (χ2v) is 5.42. The molecule has 92 valence electrons. The first-order valence-electron chi connectivity index (χ1n) is 5.61. The summed E-state index contributed by atoms with van der Waals surface area (Å²) in [7, 11) is 0. The van der Waals surface area contributed by atoms with Crippen LogP contribution in [0.15, 0.2) is 12.3 Å². The van der Waals surface area contributed by atoms with Crippen LogP contribution in [0.5, 0.6) is 0 Å². The highest BCUT2D eigenvalue weighted by atomic mass is 32.2. The zero-order chi connectivity index (χ0) is 12.4. The number of carbonyl (C=O) groups is 2. The molecule has 1 amide bonds. The van der Waals surface area contributed by atoms with Crippen molar-refractivity contribution in [1.29, 1.82) is 0 Å². The number of anilines is 1. The minimum Gasteiger partial charge on any atom is -0.296 e. The van der Waals surface area contributed by atoms with Crippen LogP contribution in [0.25, 0.3) is 0 Å². The van der Waals surface area contributed by atoms with Crippen molar-refractivity contribution in [1.82, 2.24) is 9.78 Å². The third-order valence-corrected chi connectivity index (χ3v) is 3.67. The van der Waals surface area contributed by atoms with Crippen LogP contribution in [0, 0.1) is 0 Å². The number of nitrogens with zero attached hydrogens (tertiary/aromatic N) is 3. The summed E-state index contributed by atoms with van der Waals surface area (Å²) in [4.78, 5) is 24.7. The standard InChI is InChI=1S/C11H15N3O2S/c1-3-14-10(4-5-12-14)13-7-9(6-11(13)16)17-8(2)15/h4-5,9H,3,6-7H2,1-2H3. The van der Waals surface area contributed by atoms with Gasteiger partial charge in [0, 0.05) is 37.8 Å². The van der Waals surface area contributed by atoms with Crippen molar-refractivity contribution in [2.45, 2.75) is 32.1 Å². The predicted octanol–water partition coefficient (Wildman–Crippen LogP) is 1.29. The molecule has 1 aliphatic heterocycles. The Morgan fingerprint density at radius 3 is 3.06 bits per heavy atom. The van der Waals surface area contributed by atoms with Crippen molar-refractivity contribution >= 4 is 28.6 Å². The monoisotopic (exact) mass is 253 g/mol. The lowest BCUT2D eigenvalue weighted by Crippen LogP contribution is -2.27. The first-order chi connectivity index (χ1) is 8.11. The highest BCUT2D eigenvalue weighted by Gasteiger charge is 2.33. The van der Waals surface area contributed by atoms with Crippen LogP contribution in [-0.4, -0.2) is 32.6 Å². The average molecular weight is 253 g/mol. The zero-order valence-electron chi connectivity index (χ0n) is 9.92. The van der Waals surface area contributed by atoms with Gasteiger partial charge in [0.05, 0.1) is 6.20 Å². The van der Waals surface area contributed by atoms with Crippen LogP contribution in [0.1, 0.15) is 20.3 Å². The Hall–Kier alpha value is -1.30. The molecule has 0 aromatic carbocycles. The Balaban J connectivity index is 2.13. The first kappa shape index (κ1) is 12.2. The average Bonchev–Trinajstić information content (AvgIpc) is 2.83. The van der Waals surface area contributed by atoms with Crippen LogP contribution in [0.2, 0.25) is 0 Å².